The number of methoxy groups -OCH3 is 1. The van der Waals surface area contributed by atoms with Crippen molar-refractivity contribution >= 4 is 10.1 Å². The van der Waals surface area contributed by atoms with Crippen molar-refractivity contribution in [3.63, 3.8) is 0 Å². The van der Waals surface area contributed by atoms with E-state index in [0.29, 0.717) is 0 Å². The van der Waals surface area contributed by atoms with Gasteiger partial charge < -0.3 is 4.74 Å². The molecule has 1 aliphatic carbocycles. The second-order valence-electron chi connectivity index (χ2n) is 6.65. The molecule has 0 aliphatic heterocycles. The molecule has 25 heavy (non-hydrogen) atoms. The van der Waals surface area contributed by atoms with E-state index in [1.54, 1.807) is 31.4 Å². The minimum Gasteiger partial charge on any atom is -0.497 e. The van der Waals surface area contributed by atoms with Crippen LogP contribution in [0.15, 0.2) is 53.4 Å². The van der Waals surface area contributed by atoms with Crippen molar-refractivity contribution in [3.05, 3.63) is 59.7 Å². The zero-order valence-corrected chi connectivity index (χ0v) is 15.5. The Morgan fingerprint density at radius 2 is 1.68 bits per heavy atom. The van der Waals surface area contributed by atoms with E-state index >= 15 is 0 Å². The lowest BCUT2D eigenvalue weighted by Crippen LogP contribution is -2.24. The summed E-state index contributed by atoms with van der Waals surface area (Å²) >= 11 is 0. The van der Waals surface area contributed by atoms with Crippen LogP contribution in [0.2, 0.25) is 0 Å². The molecule has 1 saturated carbocycles. The fourth-order valence-corrected chi connectivity index (χ4v) is 4.51. The molecule has 0 N–H and O–H groups in total. The summed E-state index contributed by atoms with van der Waals surface area (Å²) in [6.45, 7) is 1.93. The van der Waals surface area contributed by atoms with Gasteiger partial charge in [0.1, 0.15) is 5.75 Å². The highest BCUT2D eigenvalue weighted by Gasteiger charge is 2.32. The molecule has 3 rings (SSSR count). The topological polar surface area (TPSA) is 52.6 Å². The maximum Gasteiger partial charge on any atom is 0.297 e. The first kappa shape index (κ1) is 18.0. The molecule has 0 unspecified atom stereocenters. The second kappa shape index (κ2) is 7.58. The van der Waals surface area contributed by atoms with Crippen LogP contribution in [0, 0.1) is 12.8 Å². The molecule has 0 spiro atoms. The number of ether oxygens (including phenoxy) is 1. The molecule has 134 valence electrons. The SMILES string of the molecule is COc1ccc(C[C@@H]2CCC[C@H]2OS(=O)(=O)c2ccc(C)cc2)cc1. The molecule has 4 nitrogen and oxygen atoms in total. The van der Waals surface area contributed by atoms with Crippen molar-refractivity contribution in [2.45, 2.75) is 43.6 Å². The van der Waals surface area contributed by atoms with Crippen molar-refractivity contribution in [3.8, 4) is 5.75 Å². The second-order valence-corrected chi connectivity index (χ2v) is 8.22. The standard InChI is InChI=1S/C20H24O4S/c1-15-6-12-19(13-7-15)25(21,22)24-20-5-3-4-17(20)14-16-8-10-18(23-2)11-9-16/h6-13,17,20H,3-5,14H2,1-2H3/t17-,20+/m0/s1. The van der Waals surface area contributed by atoms with Crippen LogP contribution in [0.4, 0.5) is 0 Å². The lowest BCUT2D eigenvalue weighted by molar-refractivity contribution is 0.166. The van der Waals surface area contributed by atoms with E-state index in [4.69, 9.17) is 8.92 Å². The molecule has 1 fully saturated rings. The summed E-state index contributed by atoms with van der Waals surface area (Å²) in [5.41, 5.74) is 2.20. The van der Waals surface area contributed by atoms with Crippen LogP contribution in [-0.2, 0) is 20.7 Å². The van der Waals surface area contributed by atoms with Gasteiger partial charge in [0, 0.05) is 0 Å². The van der Waals surface area contributed by atoms with E-state index < -0.39 is 10.1 Å². The molecule has 0 amide bonds. The van der Waals surface area contributed by atoms with Gasteiger partial charge in [-0.1, -0.05) is 36.2 Å². The van der Waals surface area contributed by atoms with Gasteiger partial charge in [-0.2, -0.15) is 8.42 Å². The fourth-order valence-electron chi connectivity index (χ4n) is 3.35. The summed E-state index contributed by atoms with van der Waals surface area (Å²) < 4.78 is 35.9. The average molecular weight is 360 g/mol. The van der Waals surface area contributed by atoms with Gasteiger partial charge in [0.15, 0.2) is 0 Å². The van der Waals surface area contributed by atoms with E-state index in [0.717, 1.165) is 37.0 Å². The Bertz CT molecular complexity index is 795. The summed E-state index contributed by atoms with van der Waals surface area (Å²) in [5.74, 6) is 1.04. The Hall–Kier alpha value is -1.85. The monoisotopic (exact) mass is 360 g/mol. The molecule has 0 heterocycles. The largest absolute Gasteiger partial charge is 0.497 e. The molecular formula is C20H24O4S. The van der Waals surface area contributed by atoms with Gasteiger partial charge in [-0.3, -0.25) is 4.18 Å². The average Bonchev–Trinajstić information content (AvgIpc) is 3.02. The molecule has 0 radical (unpaired) electrons. The van der Waals surface area contributed by atoms with E-state index in [2.05, 4.69) is 0 Å². The van der Waals surface area contributed by atoms with Gasteiger partial charge in [0.2, 0.25) is 0 Å². The quantitative estimate of drug-likeness (QED) is 0.727. The predicted molar refractivity (Wildman–Crippen MR) is 97.3 cm³/mol. The van der Waals surface area contributed by atoms with Gasteiger partial charge >= 0.3 is 0 Å². The first-order valence-electron chi connectivity index (χ1n) is 8.61. The molecule has 0 saturated heterocycles. The molecule has 2 aromatic rings. The Morgan fingerprint density at radius 1 is 1.00 bits per heavy atom. The third-order valence-corrected chi connectivity index (χ3v) is 6.16. The van der Waals surface area contributed by atoms with Gasteiger partial charge in [-0.15, -0.1) is 0 Å². The van der Waals surface area contributed by atoms with Crippen LogP contribution in [0.3, 0.4) is 0 Å². The first-order valence-corrected chi connectivity index (χ1v) is 10.0. The highest BCUT2D eigenvalue weighted by atomic mass is 32.2. The highest BCUT2D eigenvalue weighted by Crippen LogP contribution is 2.33. The molecule has 5 heteroatoms. The number of hydrogen-bond donors (Lipinski definition) is 0. The van der Waals surface area contributed by atoms with Crippen molar-refractivity contribution in [1.82, 2.24) is 0 Å². The molecule has 2 atom stereocenters. The third-order valence-electron chi connectivity index (χ3n) is 4.81. The minimum absolute atomic E-state index is 0.216. The van der Waals surface area contributed by atoms with Gasteiger partial charge in [0.05, 0.1) is 18.1 Å². The number of benzene rings is 2. The van der Waals surface area contributed by atoms with Crippen molar-refractivity contribution in [1.29, 1.82) is 0 Å². The Balaban J connectivity index is 1.69. The highest BCUT2D eigenvalue weighted by molar-refractivity contribution is 7.86. The maximum absolute atomic E-state index is 12.5. The van der Waals surface area contributed by atoms with Crippen LogP contribution in [-0.4, -0.2) is 21.6 Å². The smallest absolute Gasteiger partial charge is 0.297 e. The zero-order valence-electron chi connectivity index (χ0n) is 14.6. The lowest BCUT2D eigenvalue weighted by atomic mass is 9.96. The van der Waals surface area contributed by atoms with Crippen molar-refractivity contribution in [2.75, 3.05) is 7.11 Å². The molecule has 1 aliphatic rings. The van der Waals surface area contributed by atoms with Crippen LogP contribution >= 0.6 is 0 Å². The summed E-state index contributed by atoms with van der Waals surface area (Å²) in [4.78, 5) is 0.230. The summed E-state index contributed by atoms with van der Waals surface area (Å²) in [7, 11) is -2.07. The molecule has 2 aromatic carbocycles. The van der Waals surface area contributed by atoms with Gasteiger partial charge in [0.25, 0.3) is 10.1 Å². The summed E-state index contributed by atoms with van der Waals surface area (Å²) in [5, 5.41) is 0. The summed E-state index contributed by atoms with van der Waals surface area (Å²) in [6.07, 6.45) is 3.33. The first-order chi connectivity index (χ1) is 12.0. The minimum atomic E-state index is -3.72. The fraction of sp³-hybridized carbons (Fsp3) is 0.400. The normalized spacial score (nSPS) is 20.6. The van der Waals surface area contributed by atoms with Crippen LogP contribution in [0.5, 0.6) is 5.75 Å². The van der Waals surface area contributed by atoms with Crippen molar-refractivity contribution in [2.24, 2.45) is 5.92 Å². The molecular weight excluding hydrogens is 336 g/mol. The zero-order chi connectivity index (χ0) is 17.9. The molecule has 0 aromatic heterocycles. The van der Waals surface area contributed by atoms with Crippen LogP contribution < -0.4 is 4.74 Å². The van der Waals surface area contributed by atoms with Gasteiger partial charge in [-0.05, 0) is 61.9 Å². The summed E-state index contributed by atoms with van der Waals surface area (Å²) in [6, 6.07) is 14.7. The van der Waals surface area contributed by atoms with Crippen LogP contribution in [0.1, 0.15) is 30.4 Å². The Kier molecular flexibility index (Phi) is 5.45. The van der Waals surface area contributed by atoms with Crippen molar-refractivity contribution < 1.29 is 17.3 Å². The van der Waals surface area contributed by atoms with E-state index in [9.17, 15) is 8.42 Å². The number of rotatable bonds is 6. The maximum atomic E-state index is 12.5. The number of aryl methyl sites for hydroxylation is 1. The Morgan fingerprint density at radius 3 is 2.32 bits per heavy atom. The van der Waals surface area contributed by atoms with Crippen LogP contribution in [0.25, 0.3) is 0 Å². The lowest BCUT2D eigenvalue weighted by Gasteiger charge is -2.20. The van der Waals surface area contributed by atoms with E-state index in [1.165, 1.54) is 5.56 Å². The van der Waals surface area contributed by atoms with E-state index in [1.807, 2.05) is 31.2 Å². The van der Waals surface area contributed by atoms with E-state index in [-0.39, 0.29) is 16.9 Å². The predicted octanol–water partition coefficient (Wildman–Crippen LogP) is 4.12. The van der Waals surface area contributed by atoms with Gasteiger partial charge in [-0.25, -0.2) is 0 Å². The molecule has 0 bridgehead atoms. The number of hydrogen-bond acceptors (Lipinski definition) is 4. The Labute approximate surface area is 149 Å². The third kappa shape index (κ3) is 4.41.